The van der Waals surface area contributed by atoms with E-state index < -0.39 is 0 Å². The molecule has 2 aromatic heterocycles. The molecule has 1 aliphatic rings. The molecule has 0 fully saturated rings. The summed E-state index contributed by atoms with van der Waals surface area (Å²) in [5, 5.41) is 2.79. The lowest BCUT2D eigenvalue weighted by Crippen LogP contribution is -2.41. The second-order valence-corrected chi connectivity index (χ2v) is 6.41. The van der Waals surface area contributed by atoms with E-state index in [1.165, 1.54) is 6.26 Å². The summed E-state index contributed by atoms with van der Waals surface area (Å²) < 4.78 is 12.3. The van der Waals surface area contributed by atoms with Crippen molar-refractivity contribution in [3.63, 3.8) is 0 Å². The standard InChI is InChI=1S/C18H24N4O4/c1-12-4-8-26-16(12)18(24)22-7-6-21-11-14(20-17(21)13(22)2)10-15(23)19-5-9-25-3/h4,8,11,13H,5-7,9-10H2,1-3H3,(H,19,23). The monoisotopic (exact) mass is 360 g/mol. The van der Waals surface area contributed by atoms with Gasteiger partial charge in [-0.15, -0.1) is 0 Å². The molecule has 0 aliphatic carbocycles. The van der Waals surface area contributed by atoms with Crippen LogP contribution in [0.25, 0.3) is 0 Å². The zero-order valence-electron chi connectivity index (χ0n) is 15.3. The zero-order chi connectivity index (χ0) is 18.7. The molecular weight excluding hydrogens is 336 g/mol. The number of hydrogen-bond donors (Lipinski definition) is 1. The maximum absolute atomic E-state index is 12.8. The fourth-order valence-corrected chi connectivity index (χ4v) is 3.15. The van der Waals surface area contributed by atoms with Crippen LogP contribution in [-0.4, -0.2) is 53.1 Å². The number of methoxy groups -OCH3 is 1. The molecule has 1 aliphatic heterocycles. The van der Waals surface area contributed by atoms with Gasteiger partial charge in [-0.05, 0) is 19.9 Å². The van der Waals surface area contributed by atoms with E-state index in [1.807, 2.05) is 24.6 Å². The maximum atomic E-state index is 12.8. The van der Waals surface area contributed by atoms with Crippen LogP contribution in [0.3, 0.4) is 0 Å². The SMILES string of the molecule is COCCNC(=O)Cc1cn2c(n1)C(C)N(C(=O)c1occc1C)CC2. The lowest BCUT2D eigenvalue weighted by Gasteiger charge is -2.33. The molecule has 140 valence electrons. The van der Waals surface area contributed by atoms with Gasteiger partial charge in [-0.25, -0.2) is 4.98 Å². The number of furan rings is 1. The molecule has 0 radical (unpaired) electrons. The molecule has 0 bridgehead atoms. The van der Waals surface area contributed by atoms with Gasteiger partial charge in [0.15, 0.2) is 5.76 Å². The highest BCUT2D eigenvalue weighted by atomic mass is 16.5. The number of carbonyl (C=O) groups excluding carboxylic acids is 2. The average molecular weight is 360 g/mol. The molecule has 0 saturated heterocycles. The van der Waals surface area contributed by atoms with Crippen LogP contribution in [0.4, 0.5) is 0 Å². The van der Waals surface area contributed by atoms with E-state index in [1.54, 1.807) is 18.1 Å². The van der Waals surface area contributed by atoms with Gasteiger partial charge < -0.3 is 23.9 Å². The first-order valence-corrected chi connectivity index (χ1v) is 8.68. The topological polar surface area (TPSA) is 89.6 Å². The van der Waals surface area contributed by atoms with Gasteiger partial charge in [-0.3, -0.25) is 9.59 Å². The second kappa shape index (κ2) is 7.74. The fourth-order valence-electron chi connectivity index (χ4n) is 3.15. The van der Waals surface area contributed by atoms with Crippen LogP contribution in [0, 0.1) is 6.92 Å². The van der Waals surface area contributed by atoms with Crippen LogP contribution in [0.2, 0.25) is 0 Å². The predicted molar refractivity (Wildman–Crippen MR) is 93.7 cm³/mol. The van der Waals surface area contributed by atoms with Crippen molar-refractivity contribution >= 4 is 11.8 Å². The van der Waals surface area contributed by atoms with E-state index in [-0.39, 0.29) is 24.3 Å². The maximum Gasteiger partial charge on any atom is 0.290 e. The van der Waals surface area contributed by atoms with Gasteiger partial charge >= 0.3 is 0 Å². The lowest BCUT2D eigenvalue weighted by molar-refractivity contribution is -0.120. The van der Waals surface area contributed by atoms with E-state index in [9.17, 15) is 9.59 Å². The quantitative estimate of drug-likeness (QED) is 0.785. The molecule has 0 spiro atoms. The molecule has 1 unspecified atom stereocenters. The highest BCUT2D eigenvalue weighted by molar-refractivity contribution is 5.93. The van der Waals surface area contributed by atoms with E-state index in [4.69, 9.17) is 9.15 Å². The molecule has 2 amide bonds. The van der Waals surface area contributed by atoms with Gasteiger partial charge in [0.1, 0.15) is 5.82 Å². The molecule has 8 heteroatoms. The molecule has 3 rings (SSSR count). The van der Waals surface area contributed by atoms with Gasteiger partial charge in [0.05, 0.1) is 31.0 Å². The number of ether oxygens (including phenoxy) is 1. The summed E-state index contributed by atoms with van der Waals surface area (Å²) in [6, 6.07) is 1.59. The zero-order valence-corrected chi connectivity index (χ0v) is 15.3. The van der Waals surface area contributed by atoms with E-state index in [0.29, 0.717) is 37.7 Å². The Kier molecular flexibility index (Phi) is 5.41. The molecule has 26 heavy (non-hydrogen) atoms. The smallest absolute Gasteiger partial charge is 0.290 e. The second-order valence-electron chi connectivity index (χ2n) is 6.41. The summed E-state index contributed by atoms with van der Waals surface area (Å²) in [6.07, 6.45) is 3.63. The Balaban J connectivity index is 1.69. The normalized spacial score (nSPS) is 16.4. The fraction of sp³-hybridized carbons (Fsp3) is 0.500. The Morgan fingerprint density at radius 2 is 2.23 bits per heavy atom. The number of aryl methyl sites for hydroxylation is 1. The summed E-state index contributed by atoms with van der Waals surface area (Å²) in [5.74, 6) is 0.931. The predicted octanol–water partition coefficient (Wildman–Crippen LogP) is 1.31. The third kappa shape index (κ3) is 3.65. The minimum atomic E-state index is -0.189. The van der Waals surface area contributed by atoms with Crippen LogP contribution in [0.5, 0.6) is 0 Å². The molecule has 0 saturated carbocycles. The average Bonchev–Trinajstić information content (AvgIpc) is 3.21. The Hall–Kier alpha value is -2.61. The largest absolute Gasteiger partial charge is 0.459 e. The third-order valence-electron chi connectivity index (χ3n) is 4.57. The van der Waals surface area contributed by atoms with Crippen molar-refractivity contribution < 1.29 is 18.7 Å². The van der Waals surface area contributed by atoms with Crippen molar-refractivity contribution in [2.45, 2.75) is 32.9 Å². The van der Waals surface area contributed by atoms with Crippen LogP contribution in [0.1, 0.15) is 40.6 Å². The summed E-state index contributed by atoms with van der Waals surface area (Å²) in [6.45, 7) is 5.96. The molecule has 2 aromatic rings. The lowest BCUT2D eigenvalue weighted by atomic mass is 10.1. The van der Waals surface area contributed by atoms with Crippen LogP contribution in [0.15, 0.2) is 22.9 Å². The van der Waals surface area contributed by atoms with Crippen LogP contribution in [-0.2, 0) is 22.5 Å². The number of nitrogens with zero attached hydrogens (tertiary/aromatic N) is 3. The van der Waals surface area contributed by atoms with E-state index in [0.717, 1.165) is 11.4 Å². The first-order chi connectivity index (χ1) is 12.5. The van der Waals surface area contributed by atoms with Gasteiger partial charge in [-0.1, -0.05) is 0 Å². The third-order valence-corrected chi connectivity index (χ3v) is 4.57. The Morgan fingerprint density at radius 3 is 2.92 bits per heavy atom. The summed E-state index contributed by atoms with van der Waals surface area (Å²) in [7, 11) is 1.59. The number of imidazole rings is 1. The van der Waals surface area contributed by atoms with E-state index >= 15 is 0 Å². The Morgan fingerprint density at radius 1 is 1.42 bits per heavy atom. The van der Waals surface area contributed by atoms with Gasteiger partial charge in [-0.2, -0.15) is 0 Å². The Labute approximate surface area is 152 Å². The Bertz CT molecular complexity index is 795. The van der Waals surface area contributed by atoms with Gasteiger partial charge in [0.2, 0.25) is 5.91 Å². The number of amides is 2. The molecule has 1 atom stereocenters. The number of nitrogens with one attached hydrogen (secondary N) is 1. The highest BCUT2D eigenvalue weighted by Gasteiger charge is 2.32. The summed E-state index contributed by atoms with van der Waals surface area (Å²) in [5.41, 5.74) is 1.52. The number of aromatic nitrogens is 2. The number of fused-ring (bicyclic) bond motifs is 1. The van der Waals surface area contributed by atoms with Crippen molar-refractivity contribution in [3.05, 3.63) is 41.4 Å². The molecule has 3 heterocycles. The van der Waals surface area contributed by atoms with Crippen molar-refractivity contribution in [1.29, 1.82) is 0 Å². The first kappa shape index (κ1) is 18.2. The summed E-state index contributed by atoms with van der Waals surface area (Å²) in [4.78, 5) is 31.0. The minimum absolute atomic E-state index is 0.0932. The molecular formula is C18H24N4O4. The van der Waals surface area contributed by atoms with Crippen molar-refractivity contribution in [2.75, 3.05) is 26.8 Å². The van der Waals surface area contributed by atoms with Crippen molar-refractivity contribution in [3.8, 4) is 0 Å². The minimum Gasteiger partial charge on any atom is -0.459 e. The molecule has 1 N–H and O–H groups in total. The molecule has 0 aromatic carbocycles. The van der Waals surface area contributed by atoms with Crippen molar-refractivity contribution in [2.24, 2.45) is 0 Å². The molecule has 8 nitrogen and oxygen atoms in total. The van der Waals surface area contributed by atoms with Gasteiger partial charge in [0, 0.05) is 38.5 Å². The van der Waals surface area contributed by atoms with Crippen LogP contribution < -0.4 is 5.32 Å². The number of carbonyl (C=O) groups is 2. The van der Waals surface area contributed by atoms with E-state index in [2.05, 4.69) is 10.3 Å². The number of rotatable bonds is 6. The number of hydrogen-bond acceptors (Lipinski definition) is 5. The summed E-state index contributed by atoms with van der Waals surface area (Å²) >= 11 is 0. The van der Waals surface area contributed by atoms with Crippen LogP contribution >= 0.6 is 0 Å². The van der Waals surface area contributed by atoms with Gasteiger partial charge in [0.25, 0.3) is 5.91 Å². The van der Waals surface area contributed by atoms with Crippen molar-refractivity contribution in [1.82, 2.24) is 19.8 Å². The highest BCUT2D eigenvalue weighted by Crippen LogP contribution is 2.27. The first-order valence-electron chi connectivity index (χ1n) is 8.68.